The Bertz CT molecular complexity index is 1730. The molecule has 4 aliphatic rings. The van der Waals surface area contributed by atoms with Crippen molar-refractivity contribution in [2.45, 2.75) is 70.5 Å². The largest absolute Gasteiger partial charge is 0.451 e. The number of aromatic nitrogens is 1. The van der Waals surface area contributed by atoms with Crippen molar-refractivity contribution < 1.29 is 28.4 Å². The van der Waals surface area contributed by atoms with Crippen molar-refractivity contribution in [3.8, 4) is 0 Å². The van der Waals surface area contributed by atoms with Crippen molar-refractivity contribution in [2.24, 2.45) is 23.7 Å². The third-order valence-electron chi connectivity index (χ3n) is 9.96. The third-order valence-corrected chi connectivity index (χ3v) is 9.96. The molecule has 1 atom stereocenters. The molecule has 7 rings (SSSR count). The smallest absolute Gasteiger partial charge is 0.287 e. The van der Waals surface area contributed by atoms with Crippen molar-refractivity contribution in [3.63, 3.8) is 0 Å². The number of hydrogen-bond acceptors (Lipinski definition) is 7. The van der Waals surface area contributed by atoms with Gasteiger partial charge < -0.3 is 30.3 Å². The molecule has 4 aliphatic carbocycles. The molecule has 46 heavy (non-hydrogen) atoms. The number of ketones is 1. The van der Waals surface area contributed by atoms with E-state index in [0.29, 0.717) is 23.0 Å². The van der Waals surface area contributed by atoms with Crippen LogP contribution in [0.3, 0.4) is 0 Å². The van der Waals surface area contributed by atoms with Gasteiger partial charge in [-0.1, -0.05) is 18.2 Å². The van der Waals surface area contributed by atoms with Gasteiger partial charge in [-0.3, -0.25) is 28.8 Å². The second kappa shape index (κ2) is 12.9. The molecule has 0 unspecified atom stereocenters. The van der Waals surface area contributed by atoms with Gasteiger partial charge in [0.15, 0.2) is 5.76 Å². The standard InChI is InChI=1S/C34H39N5O7/c1-18-23-6-3-4-8-27(23)46-30(18)33(44)36-24(9-10-26(40)32(43)35-2)31(42)37-25-7-5-11-39(34(25)45)17-28(41)38-29-21-13-19-12-20(15-21)16-22(29)14-19/h3-8,11,19-22,24,29H,9-10,12-17H2,1-2H3,(H,35,43)(H,36,44)(H,37,42)(H,38,41)/t19?,20?,21?,22?,24-,29?/m0/s1. The lowest BCUT2D eigenvalue weighted by atomic mass is 9.54. The highest BCUT2D eigenvalue weighted by atomic mass is 16.3. The molecule has 4 N–H and O–H groups in total. The number of furan rings is 1. The molecule has 242 valence electrons. The Morgan fingerprint density at radius 2 is 1.65 bits per heavy atom. The molecule has 0 saturated heterocycles. The first-order valence-corrected chi connectivity index (χ1v) is 15.9. The van der Waals surface area contributed by atoms with Crippen LogP contribution in [-0.4, -0.2) is 53.1 Å². The first-order chi connectivity index (χ1) is 22.1. The summed E-state index contributed by atoms with van der Waals surface area (Å²) in [6, 6.07) is 8.91. The van der Waals surface area contributed by atoms with Crippen molar-refractivity contribution in [1.82, 2.24) is 20.5 Å². The van der Waals surface area contributed by atoms with Crippen molar-refractivity contribution in [1.29, 1.82) is 0 Å². The first-order valence-electron chi connectivity index (χ1n) is 15.9. The van der Waals surface area contributed by atoms with Crippen molar-refractivity contribution in [2.75, 3.05) is 12.4 Å². The highest BCUT2D eigenvalue weighted by Crippen LogP contribution is 2.53. The number of benzene rings is 1. The molecule has 2 aromatic heterocycles. The number of nitrogens with one attached hydrogen (secondary N) is 4. The van der Waals surface area contributed by atoms with Gasteiger partial charge in [-0.05, 0) is 87.3 Å². The van der Waals surface area contributed by atoms with Crippen molar-refractivity contribution in [3.05, 3.63) is 64.3 Å². The quantitative estimate of drug-likeness (QED) is 0.237. The predicted molar refractivity (Wildman–Crippen MR) is 169 cm³/mol. The number of nitrogens with zero attached hydrogens (tertiary/aromatic N) is 1. The molecule has 0 spiro atoms. The number of Topliss-reactive ketones (excluding diaryl/α,β-unsaturated/α-hetero) is 1. The third kappa shape index (κ3) is 6.33. The number of anilines is 1. The number of carbonyl (C=O) groups excluding carboxylic acids is 5. The summed E-state index contributed by atoms with van der Waals surface area (Å²) in [7, 11) is 1.32. The normalized spacial score (nSPS) is 23.5. The molecule has 4 bridgehead atoms. The fourth-order valence-electron chi connectivity index (χ4n) is 7.94. The van der Waals surface area contributed by atoms with Crippen LogP contribution in [-0.2, 0) is 25.7 Å². The monoisotopic (exact) mass is 629 g/mol. The van der Waals surface area contributed by atoms with E-state index in [0.717, 1.165) is 42.9 Å². The maximum atomic E-state index is 13.5. The van der Waals surface area contributed by atoms with Crippen LogP contribution >= 0.6 is 0 Å². The summed E-state index contributed by atoms with van der Waals surface area (Å²) in [5, 5.41) is 11.3. The van der Waals surface area contributed by atoms with E-state index in [1.165, 1.54) is 30.3 Å². The molecule has 4 amide bonds. The lowest BCUT2D eigenvalue weighted by molar-refractivity contribution is -0.137. The molecule has 12 nitrogen and oxygen atoms in total. The topological polar surface area (TPSA) is 169 Å². The number of fused-ring (bicyclic) bond motifs is 1. The van der Waals surface area contributed by atoms with E-state index in [1.54, 1.807) is 31.2 Å². The molecular weight excluding hydrogens is 590 g/mol. The molecule has 2 heterocycles. The van der Waals surface area contributed by atoms with E-state index in [9.17, 15) is 28.8 Å². The van der Waals surface area contributed by atoms with E-state index in [4.69, 9.17) is 4.42 Å². The van der Waals surface area contributed by atoms with Crippen LogP contribution in [0.25, 0.3) is 11.0 Å². The lowest BCUT2D eigenvalue weighted by Gasteiger charge is -2.54. The second-order valence-corrected chi connectivity index (χ2v) is 13.0. The fourth-order valence-corrected chi connectivity index (χ4v) is 7.94. The summed E-state index contributed by atoms with van der Waals surface area (Å²) in [5.74, 6) is -0.743. The highest BCUT2D eigenvalue weighted by Gasteiger charge is 2.48. The predicted octanol–water partition coefficient (Wildman–Crippen LogP) is 2.68. The Balaban J connectivity index is 1.14. The average Bonchev–Trinajstić information content (AvgIpc) is 3.38. The van der Waals surface area contributed by atoms with Gasteiger partial charge in [0.1, 0.15) is 23.9 Å². The number of amides is 4. The highest BCUT2D eigenvalue weighted by molar-refractivity contribution is 6.36. The zero-order chi connectivity index (χ0) is 32.5. The van der Waals surface area contributed by atoms with Gasteiger partial charge in [0, 0.05) is 36.7 Å². The van der Waals surface area contributed by atoms with Crippen LogP contribution in [0.1, 0.15) is 61.1 Å². The maximum absolute atomic E-state index is 13.5. The van der Waals surface area contributed by atoms with E-state index >= 15 is 0 Å². The zero-order valence-corrected chi connectivity index (χ0v) is 26.0. The molecule has 3 aromatic rings. The average molecular weight is 630 g/mol. The molecule has 4 fully saturated rings. The molecule has 4 saturated carbocycles. The SMILES string of the molecule is CNC(=O)C(=O)CC[C@H](NC(=O)c1oc2ccccc2c1C)C(=O)Nc1cccn(CC(=O)NC2C3CC4CC(C3)CC2C4)c1=O. The van der Waals surface area contributed by atoms with E-state index in [2.05, 4.69) is 21.3 Å². The van der Waals surface area contributed by atoms with Crippen LogP contribution < -0.4 is 26.8 Å². The van der Waals surface area contributed by atoms with Gasteiger partial charge >= 0.3 is 0 Å². The Morgan fingerprint density at radius 3 is 2.33 bits per heavy atom. The van der Waals surface area contributed by atoms with Gasteiger partial charge in [0.05, 0.1) is 0 Å². The van der Waals surface area contributed by atoms with E-state index in [1.807, 2.05) is 6.07 Å². The number of para-hydroxylation sites is 1. The van der Waals surface area contributed by atoms with Crippen LogP contribution in [0.5, 0.6) is 0 Å². The van der Waals surface area contributed by atoms with Gasteiger partial charge in [0.2, 0.25) is 17.6 Å². The van der Waals surface area contributed by atoms with Crippen LogP contribution in [0.4, 0.5) is 5.69 Å². The summed E-state index contributed by atoms with van der Waals surface area (Å²) in [6.45, 7) is 1.52. The lowest BCUT2D eigenvalue weighted by Crippen LogP contribution is -2.56. The minimum Gasteiger partial charge on any atom is -0.451 e. The Hall–Kier alpha value is -4.74. The molecule has 0 radical (unpaired) electrons. The Kier molecular flexibility index (Phi) is 8.79. The molecule has 0 aliphatic heterocycles. The number of pyridine rings is 1. The van der Waals surface area contributed by atoms with E-state index < -0.39 is 35.1 Å². The summed E-state index contributed by atoms with van der Waals surface area (Å²) in [4.78, 5) is 77.2. The summed E-state index contributed by atoms with van der Waals surface area (Å²) in [6.07, 6.45) is 6.88. The van der Waals surface area contributed by atoms with Gasteiger partial charge in [0.25, 0.3) is 17.4 Å². The number of rotatable bonds is 11. The number of carbonyl (C=O) groups is 5. The van der Waals surface area contributed by atoms with Crippen LogP contribution in [0.15, 0.2) is 51.8 Å². The fraction of sp³-hybridized carbons (Fsp3) is 0.471. The molecule has 1 aromatic carbocycles. The summed E-state index contributed by atoms with van der Waals surface area (Å²) >= 11 is 0. The minimum atomic E-state index is -1.29. The maximum Gasteiger partial charge on any atom is 0.287 e. The summed E-state index contributed by atoms with van der Waals surface area (Å²) in [5.41, 5.74) is 0.396. The van der Waals surface area contributed by atoms with Gasteiger partial charge in [-0.25, -0.2) is 0 Å². The number of hydrogen-bond donors (Lipinski definition) is 4. The first kappa shape index (κ1) is 31.3. The molecule has 12 heteroatoms. The van der Waals surface area contributed by atoms with E-state index in [-0.39, 0.29) is 42.8 Å². The zero-order valence-electron chi connectivity index (χ0n) is 26.0. The Labute approximate surface area is 265 Å². The van der Waals surface area contributed by atoms with Gasteiger partial charge in [-0.15, -0.1) is 0 Å². The van der Waals surface area contributed by atoms with Crippen molar-refractivity contribution >= 4 is 46.1 Å². The summed E-state index contributed by atoms with van der Waals surface area (Å²) < 4.78 is 6.97. The van der Waals surface area contributed by atoms with Gasteiger partial charge in [-0.2, -0.15) is 0 Å². The Morgan fingerprint density at radius 1 is 0.957 bits per heavy atom. The second-order valence-electron chi connectivity index (χ2n) is 13.0. The molecular formula is C34H39N5O7. The van der Waals surface area contributed by atoms with Crippen LogP contribution in [0, 0.1) is 30.6 Å². The number of likely N-dealkylation sites (N-methyl/N-ethyl adjacent to an activating group) is 1. The minimum absolute atomic E-state index is 0.00356. The number of aryl methyl sites for hydroxylation is 1. The van der Waals surface area contributed by atoms with Crippen LogP contribution in [0.2, 0.25) is 0 Å².